The summed E-state index contributed by atoms with van der Waals surface area (Å²) < 4.78 is 25.6. The van der Waals surface area contributed by atoms with Crippen molar-refractivity contribution in [1.29, 1.82) is 0 Å². The van der Waals surface area contributed by atoms with Crippen molar-refractivity contribution in [3.05, 3.63) is 65.7 Å². The van der Waals surface area contributed by atoms with Gasteiger partial charge in [0, 0.05) is 39.1 Å². The van der Waals surface area contributed by atoms with E-state index in [0.29, 0.717) is 10.8 Å². The van der Waals surface area contributed by atoms with Gasteiger partial charge in [-0.25, -0.2) is 18.1 Å². The second-order valence-electron chi connectivity index (χ2n) is 7.16. The maximum atomic E-state index is 12.2. The number of sulfonamides is 1. The molecule has 0 aromatic heterocycles. The molecule has 0 saturated carbocycles. The molecule has 27 heavy (non-hydrogen) atoms. The number of hydrogen-bond acceptors (Lipinski definition) is 5. The fraction of sp³-hybridized carbons (Fsp3) is 0.400. The maximum Gasteiger partial charge on any atom is 0.242 e. The summed E-state index contributed by atoms with van der Waals surface area (Å²) in [5.41, 5.74) is 8.97. The van der Waals surface area contributed by atoms with Crippen molar-refractivity contribution in [3.63, 3.8) is 0 Å². The minimum absolute atomic E-state index is 0.137. The first-order chi connectivity index (χ1) is 12.9. The van der Waals surface area contributed by atoms with Crippen LogP contribution in [0, 0.1) is 5.92 Å². The molecular weight excluding hydrogens is 360 g/mol. The van der Waals surface area contributed by atoms with Gasteiger partial charge in [0.05, 0.1) is 10.9 Å². The monoisotopic (exact) mass is 388 g/mol. The van der Waals surface area contributed by atoms with Crippen molar-refractivity contribution in [2.45, 2.75) is 23.9 Å². The average molecular weight is 389 g/mol. The molecule has 2 aromatic rings. The third-order valence-corrected chi connectivity index (χ3v) is 6.93. The molecule has 6 nitrogen and oxygen atoms in total. The number of nitrogens with zero attached hydrogens (tertiary/aromatic N) is 1. The lowest BCUT2D eigenvalue weighted by atomic mass is 9.94. The average Bonchev–Trinajstić information content (AvgIpc) is 3.15. The van der Waals surface area contributed by atoms with E-state index in [1.54, 1.807) is 26.2 Å². The molecule has 3 N–H and O–H groups in total. The number of benzene rings is 2. The van der Waals surface area contributed by atoms with Crippen LogP contribution in [0.2, 0.25) is 0 Å². The fourth-order valence-electron chi connectivity index (χ4n) is 3.33. The first-order valence-corrected chi connectivity index (χ1v) is 10.6. The number of rotatable bonds is 7. The highest BCUT2D eigenvalue weighted by Gasteiger charge is 2.28. The van der Waals surface area contributed by atoms with Crippen LogP contribution in [0.3, 0.4) is 0 Å². The Morgan fingerprint density at radius 1 is 1.11 bits per heavy atom. The van der Waals surface area contributed by atoms with Crippen LogP contribution in [0.4, 0.5) is 0 Å². The zero-order valence-corrected chi connectivity index (χ0v) is 16.8. The van der Waals surface area contributed by atoms with Crippen molar-refractivity contribution in [2.24, 2.45) is 5.92 Å². The lowest BCUT2D eigenvalue weighted by Crippen LogP contribution is -2.30. The Bertz CT molecular complexity index is 838. The molecule has 1 saturated heterocycles. The van der Waals surface area contributed by atoms with Gasteiger partial charge in [0.2, 0.25) is 10.0 Å². The number of nitrogens with one attached hydrogen (secondary N) is 3. The van der Waals surface area contributed by atoms with Crippen molar-refractivity contribution in [3.8, 4) is 0 Å². The van der Waals surface area contributed by atoms with Gasteiger partial charge in [0.25, 0.3) is 0 Å². The summed E-state index contributed by atoms with van der Waals surface area (Å²) in [6.45, 7) is 3.86. The van der Waals surface area contributed by atoms with E-state index in [1.807, 2.05) is 18.2 Å². The van der Waals surface area contributed by atoms with Crippen LogP contribution in [-0.4, -0.2) is 39.9 Å². The first kappa shape index (κ1) is 20.0. The Kier molecular flexibility index (Phi) is 6.29. The van der Waals surface area contributed by atoms with E-state index >= 15 is 0 Å². The van der Waals surface area contributed by atoms with Gasteiger partial charge in [0.15, 0.2) is 0 Å². The molecule has 0 bridgehead atoms. The molecule has 3 atom stereocenters. The minimum Gasteiger partial charge on any atom is -0.310 e. The van der Waals surface area contributed by atoms with Gasteiger partial charge in [-0.3, -0.25) is 5.43 Å². The predicted molar refractivity (Wildman–Crippen MR) is 108 cm³/mol. The van der Waals surface area contributed by atoms with Crippen molar-refractivity contribution >= 4 is 10.0 Å². The summed E-state index contributed by atoms with van der Waals surface area (Å²) in [6, 6.07) is 18.0. The standard InChI is InChI=1S/C20H28N4O2S/c1-15(16-9-11-19(12-10-16)27(25,26)24(2)3)21-13-18-14-22-23-20(18)17-7-5-4-6-8-17/h4-12,15,18,20-23H,13-14H2,1-3H3. The molecule has 3 unspecified atom stereocenters. The Labute approximate surface area is 162 Å². The second kappa shape index (κ2) is 8.50. The molecule has 7 heteroatoms. The van der Waals surface area contributed by atoms with E-state index in [0.717, 1.165) is 18.7 Å². The Morgan fingerprint density at radius 2 is 1.78 bits per heavy atom. The summed E-state index contributed by atoms with van der Waals surface area (Å²) in [5.74, 6) is 0.434. The lowest BCUT2D eigenvalue weighted by Gasteiger charge is -2.22. The normalized spacial score (nSPS) is 21.5. The van der Waals surface area contributed by atoms with E-state index in [1.165, 1.54) is 9.87 Å². The molecule has 0 spiro atoms. The van der Waals surface area contributed by atoms with Gasteiger partial charge < -0.3 is 5.32 Å². The van der Waals surface area contributed by atoms with E-state index in [2.05, 4.69) is 47.4 Å². The molecule has 1 aliphatic heterocycles. The SMILES string of the molecule is CC(NCC1CNNC1c1ccccc1)c1ccc(S(=O)(=O)N(C)C)cc1. The van der Waals surface area contributed by atoms with Crippen LogP contribution in [0.15, 0.2) is 59.5 Å². The summed E-state index contributed by atoms with van der Waals surface area (Å²) in [5, 5.41) is 3.58. The van der Waals surface area contributed by atoms with Crippen LogP contribution >= 0.6 is 0 Å². The molecule has 1 fully saturated rings. The zero-order chi connectivity index (χ0) is 19.4. The molecular formula is C20H28N4O2S. The molecule has 2 aromatic carbocycles. The van der Waals surface area contributed by atoms with Crippen LogP contribution in [0.25, 0.3) is 0 Å². The highest BCUT2D eigenvalue weighted by molar-refractivity contribution is 7.89. The van der Waals surface area contributed by atoms with Crippen molar-refractivity contribution in [2.75, 3.05) is 27.2 Å². The topological polar surface area (TPSA) is 73.5 Å². The van der Waals surface area contributed by atoms with Crippen LogP contribution in [0.5, 0.6) is 0 Å². The molecule has 1 aliphatic rings. The molecule has 0 aliphatic carbocycles. The fourth-order valence-corrected chi connectivity index (χ4v) is 4.23. The highest BCUT2D eigenvalue weighted by Crippen LogP contribution is 2.25. The third kappa shape index (κ3) is 4.56. The highest BCUT2D eigenvalue weighted by atomic mass is 32.2. The quantitative estimate of drug-likeness (QED) is 0.677. The summed E-state index contributed by atoms with van der Waals surface area (Å²) in [4.78, 5) is 0.316. The molecule has 146 valence electrons. The van der Waals surface area contributed by atoms with E-state index in [-0.39, 0.29) is 12.1 Å². The van der Waals surface area contributed by atoms with Crippen LogP contribution in [-0.2, 0) is 10.0 Å². The van der Waals surface area contributed by atoms with E-state index in [4.69, 9.17) is 0 Å². The van der Waals surface area contributed by atoms with Gasteiger partial charge in [0.1, 0.15) is 0 Å². The summed E-state index contributed by atoms with van der Waals surface area (Å²) in [6.07, 6.45) is 0. The third-order valence-electron chi connectivity index (χ3n) is 5.10. The number of hydrogen-bond donors (Lipinski definition) is 3. The Morgan fingerprint density at radius 3 is 2.41 bits per heavy atom. The maximum absolute atomic E-state index is 12.2. The van der Waals surface area contributed by atoms with Gasteiger partial charge in [-0.15, -0.1) is 0 Å². The molecule has 3 rings (SSSR count). The Balaban J connectivity index is 1.61. The van der Waals surface area contributed by atoms with Crippen LogP contribution < -0.4 is 16.2 Å². The summed E-state index contributed by atoms with van der Waals surface area (Å²) >= 11 is 0. The first-order valence-electron chi connectivity index (χ1n) is 9.19. The van der Waals surface area contributed by atoms with Gasteiger partial charge in [-0.1, -0.05) is 42.5 Å². The summed E-state index contributed by atoms with van der Waals surface area (Å²) in [7, 11) is -0.302. The largest absolute Gasteiger partial charge is 0.310 e. The minimum atomic E-state index is -3.39. The van der Waals surface area contributed by atoms with Crippen LogP contribution in [0.1, 0.15) is 30.1 Å². The zero-order valence-electron chi connectivity index (χ0n) is 16.0. The lowest BCUT2D eigenvalue weighted by molar-refractivity contribution is 0.418. The molecule has 0 radical (unpaired) electrons. The van der Waals surface area contributed by atoms with E-state index in [9.17, 15) is 8.42 Å². The number of hydrazine groups is 1. The molecule has 0 amide bonds. The molecule has 1 heterocycles. The predicted octanol–water partition coefficient (Wildman–Crippen LogP) is 2.05. The van der Waals surface area contributed by atoms with Gasteiger partial charge in [-0.2, -0.15) is 0 Å². The van der Waals surface area contributed by atoms with Gasteiger partial charge in [-0.05, 0) is 30.2 Å². The van der Waals surface area contributed by atoms with Gasteiger partial charge >= 0.3 is 0 Å². The second-order valence-corrected chi connectivity index (χ2v) is 9.31. The Hall–Kier alpha value is -1.77. The van der Waals surface area contributed by atoms with Crippen molar-refractivity contribution in [1.82, 2.24) is 20.5 Å². The smallest absolute Gasteiger partial charge is 0.242 e. The van der Waals surface area contributed by atoms with Crippen molar-refractivity contribution < 1.29 is 8.42 Å². The van der Waals surface area contributed by atoms with E-state index < -0.39 is 10.0 Å².